The van der Waals surface area contributed by atoms with E-state index in [4.69, 9.17) is 17.3 Å². The molecule has 5 nitrogen and oxygen atoms in total. The van der Waals surface area contributed by atoms with Gasteiger partial charge in [-0.1, -0.05) is 27.5 Å². The number of hydrogen-bond donors (Lipinski definition) is 1. The maximum atomic E-state index is 11.4. The number of halogens is 2. The number of ketones is 1. The van der Waals surface area contributed by atoms with Crippen molar-refractivity contribution in [1.82, 2.24) is 0 Å². The summed E-state index contributed by atoms with van der Waals surface area (Å²) < 4.78 is 0. The molecule has 0 spiro atoms. The monoisotopic (exact) mass is 292 g/mol. The third-order valence-corrected chi connectivity index (χ3v) is 2.47. The van der Waals surface area contributed by atoms with Crippen LogP contribution in [-0.4, -0.2) is 16.0 Å². The predicted octanol–water partition coefficient (Wildman–Crippen LogP) is 2.41. The number of nitrogens with two attached hydrogens (primary N) is 1. The summed E-state index contributed by atoms with van der Waals surface area (Å²) in [4.78, 5) is 21.3. The lowest BCUT2D eigenvalue weighted by Gasteiger charge is -2.04. The van der Waals surface area contributed by atoms with Crippen LogP contribution in [0.3, 0.4) is 0 Å². The molecule has 1 aromatic carbocycles. The Hall–Kier alpha value is -1.14. The highest BCUT2D eigenvalue weighted by Gasteiger charge is 2.20. The fourth-order valence-corrected chi connectivity index (χ4v) is 1.57. The zero-order valence-corrected chi connectivity index (χ0v) is 9.71. The molecule has 15 heavy (non-hydrogen) atoms. The first-order valence-electron chi connectivity index (χ1n) is 3.80. The van der Waals surface area contributed by atoms with Crippen LogP contribution in [0.2, 0.25) is 5.02 Å². The summed E-state index contributed by atoms with van der Waals surface area (Å²) in [6.07, 6.45) is 0. The van der Waals surface area contributed by atoms with Gasteiger partial charge in [0.25, 0.3) is 5.69 Å². The van der Waals surface area contributed by atoms with Gasteiger partial charge in [-0.2, -0.15) is 0 Å². The SMILES string of the molecule is Nc1c(C(=O)CBr)cc(Cl)cc1[N+](=O)[O-]. The number of rotatable bonds is 3. The molecule has 0 unspecified atom stereocenters. The summed E-state index contributed by atoms with van der Waals surface area (Å²) in [6, 6.07) is 2.43. The number of Topliss-reactive ketones (excluding diaryl/α,β-unsaturated/α-hetero) is 1. The molecule has 0 amide bonds. The van der Waals surface area contributed by atoms with Gasteiger partial charge in [-0.3, -0.25) is 14.9 Å². The molecular formula is C8H6BrClN2O3. The van der Waals surface area contributed by atoms with Crippen molar-refractivity contribution in [3.8, 4) is 0 Å². The Labute approximate surface area is 98.5 Å². The number of hydrogen-bond acceptors (Lipinski definition) is 4. The molecule has 0 aliphatic heterocycles. The van der Waals surface area contributed by atoms with E-state index in [0.29, 0.717) is 0 Å². The zero-order valence-electron chi connectivity index (χ0n) is 7.37. The van der Waals surface area contributed by atoms with E-state index in [1.807, 2.05) is 0 Å². The van der Waals surface area contributed by atoms with Gasteiger partial charge in [-0.05, 0) is 6.07 Å². The van der Waals surface area contributed by atoms with Crippen LogP contribution >= 0.6 is 27.5 Å². The molecule has 2 N–H and O–H groups in total. The first kappa shape index (κ1) is 11.9. The molecule has 1 aromatic rings. The van der Waals surface area contributed by atoms with Crippen molar-refractivity contribution in [2.24, 2.45) is 0 Å². The van der Waals surface area contributed by atoms with Gasteiger partial charge in [-0.25, -0.2) is 0 Å². The van der Waals surface area contributed by atoms with Crippen LogP contribution in [0, 0.1) is 10.1 Å². The molecular weight excluding hydrogens is 287 g/mol. The van der Waals surface area contributed by atoms with Crippen LogP contribution in [0.5, 0.6) is 0 Å². The molecule has 0 fully saturated rings. The number of carbonyl (C=O) groups excluding carboxylic acids is 1. The van der Waals surface area contributed by atoms with E-state index in [-0.39, 0.29) is 33.1 Å². The molecule has 1 rings (SSSR count). The number of alkyl halides is 1. The Kier molecular flexibility index (Phi) is 3.65. The standard InChI is InChI=1S/C8H6BrClN2O3/c9-3-7(13)5-1-4(10)2-6(8(5)11)12(14)15/h1-2H,3,11H2. The first-order valence-corrected chi connectivity index (χ1v) is 5.30. The molecule has 0 aliphatic carbocycles. The van der Waals surface area contributed by atoms with Crippen LogP contribution in [-0.2, 0) is 0 Å². The van der Waals surface area contributed by atoms with Crippen LogP contribution in [0.4, 0.5) is 11.4 Å². The topological polar surface area (TPSA) is 86.2 Å². The maximum Gasteiger partial charge on any atom is 0.294 e. The molecule has 0 bridgehead atoms. The molecule has 0 radical (unpaired) electrons. The van der Waals surface area contributed by atoms with Gasteiger partial charge in [-0.15, -0.1) is 0 Å². The fraction of sp³-hybridized carbons (Fsp3) is 0.125. The van der Waals surface area contributed by atoms with E-state index in [9.17, 15) is 14.9 Å². The van der Waals surface area contributed by atoms with Crippen LogP contribution in [0.15, 0.2) is 12.1 Å². The number of nitro benzene ring substituents is 1. The highest BCUT2D eigenvalue weighted by atomic mass is 79.9. The maximum absolute atomic E-state index is 11.4. The second-order valence-corrected chi connectivity index (χ2v) is 3.70. The van der Waals surface area contributed by atoms with Gasteiger partial charge in [0.15, 0.2) is 5.78 Å². The Morgan fingerprint density at radius 1 is 1.60 bits per heavy atom. The molecule has 0 saturated carbocycles. The van der Waals surface area contributed by atoms with Crippen molar-refractivity contribution in [3.63, 3.8) is 0 Å². The summed E-state index contributed by atoms with van der Waals surface area (Å²) >= 11 is 8.59. The van der Waals surface area contributed by atoms with E-state index in [2.05, 4.69) is 15.9 Å². The molecule has 0 saturated heterocycles. The van der Waals surface area contributed by atoms with Crippen LogP contribution in [0.25, 0.3) is 0 Å². The van der Waals surface area contributed by atoms with E-state index < -0.39 is 4.92 Å². The molecule has 7 heteroatoms. The number of anilines is 1. The van der Waals surface area contributed by atoms with Gasteiger partial charge < -0.3 is 5.73 Å². The number of nitrogens with zero attached hydrogens (tertiary/aromatic N) is 1. The largest absolute Gasteiger partial charge is 0.393 e. The summed E-state index contributed by atoms with van der Waals surface area (Å²) in [5.41, 5.74) is 5.04. The van der Waals surface area contributed by atoms with Gasteiger partial charge in [0.05, 0.1) is 10.3 Å². The normalized spacial score (nSPS) is 10.0. The third-order valence-electron chi connectivity index (χ3n) is 1.74. The Balaban J connectivity index is 3.41. The molecule has 0 aliphatic rings. The zero-order chi connectivity index (χ0) is 11.6. The lowest BCUT2D eigenvalue weighted by Crippen LogP contribution is -2.07. The minimum absolute atomic E-state index is 0.0364. The van der Waals surface area contributed by atoms with E-state index in [0.717, 1.165) is 6.07 Å². The smallest absolute Gasteiger partial charge is 0.294 e. The molecule has 80 valence electrons. The van der Waals surface area contributed by atoms with Gasteiger partial charge in [0.2, 0.25) is 0 Å². The van der Waals surface area contributed by atoms with Crippen molar-refractivity contribution in [2.75, 3.05) is 11.1 Å². The van der Waals surface area contributed by atoms with Crippen molar-refractivity contribution in [1.29, 1.82) is 0 Å². The summed E-state index contributed by atoms with van der Waals surface area (Å²) in [5.74, 6) is -0.349. The molecule has 0 atom stereocenters. The first-order chi connectivity index (χ1) is 6.97. The van der Waals surface area contributed by atoms with Crippen LogP contribution in [0.1, 0.15) is 10.4 Å². The molecule has 0 heterocycles. The molecule has 0 aromatic heterocycles. The van der Waals surface area contributed by atoms with Gasteiger partial charge >= 0.3 is 0 Å². The summed E-state index contributed by atoms with van der Waals surface area (Å²) in [5, 5.41) is 10.7. The minimum Gasteiger partial charge on any atom is -0.393 e. The average Bonchev–Trinajstić information content (AvgIpc) is 2.19. The summed E-state index contributed by atoms with van der Waals surface area (Å²) in [6.45, 7) is 0. The number of nitro groups is 1. The number of benzene rings is 1. The second-order valence-electron chi connectivity index (χ2n) is 2.70. The van der Waals surface area contributed by atoms with E-state index in [1.54, 1.807) is 0 Å². The third kappa shape index (κ3) is 2.45. The average molecular weight is 294 g/mol. The van der Waals surface area contributed by atoms with Gasteiger partial charge in [0, 0.05) is 16.7 Å². The Bertz CT molecular complexity index is 436. The van der Waals surface area contributed by atoms with E-state index in [1.165, 1.54) is 6.07 Å². The van der Waals surface area contributed by atoms with Crippen LogP contribution < -0.4 is 5.73 Å². The van der Waals surface area contributed by atoms with Crippen molar-refractivity contribution in [3.05, 3.63) is 32.8 Å². The minimum atomic E-state index is -0.674. The highest BCUT2D eigenvalue weighted by molar-refractivity contribution is 9.09. The quantitative estimate of drug-likeness (QED) is 0.305. The summed E-state index contributed by atoms with van der Waals surface area (Å²) in [7, 11) is 0. The second kappa shape index (κ2) is 4.59. The van der Waals surface area contributed by atoms with Gasteiger partial charge in [0.1, 0.15) is 5.69 Å². The van der Waals surface area contributed by atoms with E-state index >= 15 is 0 Å². The van der Waals surface area contributed by atoms with Crippen molar-refractivity contribution in [2.45, 2.75) is 0 Å². The lowest BCUT2D eigenvalue weighted by atomic mass is 10.1. The van der Waals surface area contributed by atoms with Crippen molar-refractivity contribution >= 4 is 44.7 Å². The Morgan fingerprint density at radius 3 is 2.67 bits per heavy atom. The lowest BCUT2D eigenvalue weighted by molar-refractivity contribution is -0.383. The Morgan fingerprint density at radius 2 is 2.20 bits per heavy atom. The highest BCUT2D eigenvalue weighted by Crippen LogP contribution is 2.30. The fourth-order valence-electron chi connectivity index (χ4n) is 1.06. The number of nitrogen functional groups attached to an aromatic ring is 1. The number of carbonyl (C=O) groups is 1. The predicted molar refractivity (Wildman–Crippen MR) is 60.6 cm³/mol. The van der Waals surface area contributed by atoms with Crippen molar-refractivity contribution < 1.29 is 9.72 Å².